The molecule has 0 N–H and O–H groups in total. The molecule has 4 rings (SSSR count). The number of benzene rings is 1. The first kappa shape index (κ1) is 18.4. The van der Waals surface area contributed by atoms with Gasteiger partial charge in [-0.25, -0.2) is 4.39 Å². The van der Waals surface area contributed by atoms with E-state index in [2.05, 4.69) is 0 Å². The van der Waals surface area contributed by atoms with Gasteiger partial charge in [0.1, 0.15) is 5.82 Å². The first-order chi connectivity index (χ1) is 13.4. The molecule has 2 aliphatic heterocycles. The van der Waals surface area contributed by atoms with Crippen LogP contribution in [-0.2, 0) is 16.1 Å². The van der Waals surface area contributed by atoms with Crippen LogP contribution in [0, 0.1) is 11.7 Å². The van der Waals surface area contributed by atoms with Gasteiger partial charge in [-0.05, 0) is 30.9 Å². The molecule has 28 heavy (non-hydrogen) atoms. The molecule has 0 aliphatic carbocycles. The summed E-state index contributed by atoms with van der Waals surface area (Å²) in [5.74, 6) is -1.80. The molecule has 1 amide bonds. The molecule has 146 valence electrons. The third-order valence-corrected chi connectivity index (χ3v) is 5.65. The van der Waals surface area contributed by atoms with Gasteiger partial charge in [0, 0.05) is 60.8 Å². The summed E-state index contributed by atoms with van der Waals surface area (Å²) >= 11 is 0. The van der Waals surface area contributed by atoms with Crippen molar-refractivity contribution in [2.75, 3.05) is 13.1 Å². The number of nitrogens with zero attached hydrogens (tertiary/aromatic N) is 2. The number of amides is 1. The molecule has 2 bridgehead atoms. The van der Waals surface area contributed by atoms with Crippen molar-refractivity contribution in [3.05, 3.63) is 58.3 Å². The molecule has 3 heterocycles. The number of hydrogen-bond donors (Lipinski definition) is 0. The minimum absolute atomic E-state index is 0.0937. The van der Waals surface area contributed by atoms with E-state index in [1.54, 1.807) is 33.7 Å². The zero-order valence-electron chi connectivity index (χ0n) is 15.3. The first-order valence-electron chi connectivity index (χ1n) is 9.40. The highest BCUT2D eigenvalue weighted by Gasteiger charge is 2.37. The summed E-state index contributed by atoms with van der Waals surface area (Å²) in [6, 6.07) is 9.57. The highest BCUT2D eigenvalue weighted by molar-refractivity contribution is 5.80. The summed E-state index contributed by atoms with van der Waals surface area (Å²) in [7, 11) is 0. The molecular formula is C21H20FN2O4-. The summed E-state index contributed by atoms with van der Waals surface area (Å²) in [6.07, 6.45) is 0.417. The van der Waals surface area contributed by atoms with E-state index < -0.39 is 5.97 Å². The lowest BCUT2D eigenvalue weighted by Crippen LogP contribution is -2.49. The molecule has 0 saturated carbocycles. The minimum atomic E-state index is -1.25. The maximum absolute atomic E-state index is 14.4. The van der Waals surface area contributed by atoms with Crippen molar-refractivity contribution < 1.29 is 19.1 Å². The van der Waals surface area contributed by atoms with E-state index in [0.717, 1.165) is 12.1 Å². The Kier molecular flexibility index (Phi) is 4.75. The van der Waals surface area contributed by atoms with Crippen LogP contribution in [0.1, 0.15) is 30.9 Å². The molecule has 2 atom stereocenters. The first-order valence-corrected chi connectivity index (χ1v) is 9.40. The number of pyridine rings is 1. The van der Waals surface area contributed by atoms with E-state index in [1.807, 2.05) is 0 Å². The number of carboxylic acid groups (broad SMARTS) is 1. The second kappa shape index (κ2) is 7.22. The molecule has 6 nitrogen and oxygen atoms in total. The summed E-state index contributed by atoms with van der Waals surface area (Å²) in [5, 5.41) is 10.7. The molecule has 1 aromatic carbocycles. The lowest BCUT2D eigenvalue weighted by Gasteiger charge is -2.43. The van der Waals surface area contributed by atoms with Crippen LogP contribution in [0.15, 0.2) is 41.2 Å². The number of halogens is 1. The summed E-state index contributed by atoms with van der Waals surface area (Å²) < 4.78 is 16.1. The van der Waals surface area contributed by atoms with Gasteiger partial charge in [0.2, 0.25) is 5.91 Å². The third kappa shape index (κ3) is 3.32. The van der Waals surface area contributed by atoms with Crippen LogP contribution >= 0.6 is 0 Å². The van der Waals surface area contributed by atoms with Crippen LogP contribution in [0.3, 0.4) is 0 Å². The van der Waals surface area contributed by atoms with Crippen molar-refractivity contribution in [2.45, 2.75) is 31.7 Å². The van der Waals surface area contributed by atoms with E-state index in [9.17, 15) is 23.9 Å². The van der Waals surface area contributed by atoms with Crippen LogP contribution in [0.2, 0.25) is 0 Å². The molecule has 1 saturated heterocycles. The fourth-order valence-corrected chi connectivity index (χ4v) is 4.49. The lowest BCUT2D eigenvalue weighted by molar-refractivity contribution is -0.305. The van der Waals surface area contributed by atoms with E-state index in [-0.39, 0.29) is 42.0 Å². The number of fused-ring (bicyclic) bond motifs is 4. The molecular weight excluding hydrogens is 363 g/mol. The van der Waals surface area contributed by atoms with Gasteiger partial charge in [0.05, 0.1) is 0 Å². The van der Waals surface area contributed by atoms with Crippen LogP contribution in [0.25, 0.3) is 11.1 Å². The Balaban J connectivity index is 1.71. The summed E-state index contributed by atoms with van der Waals surface area (Å²) in [6.45, 7) is 1.36. The number of aliphatic carboxylic acids is 1. The predicted octanol–water partition coefficient (Wildman–Crippen LogP) is 1.13. The number of carbonyl (C=O) groups excluding carboxylic acids is 2. The van der Waals surface area contributed by atoms with Gasteiger partial charge in [-0.15, -0.1) is 0 Å². The normalized spacial score (nSPS) is 20.5. The topological polar surface area (TPSA) is 82.4 Å². The van der Waals surface area contributed by atoms with Gasteiger partial charge in [-0.3, -0.25) is 9.59 Å². The second-order valence-electron chi connectivity index (χ2n) is 7.53. The standard InChI is InChI=1S/C21H21FN2O4/c22-17-4-2-1-3-15(17)16-5-6-19(26)24-11-13-9-14(21(16)24)12-23(10-13)18(25)7-8-20(27)28/h1-6,13-14H,7-12H2,(H,27,28)/p-1/t13-,14+/m0/s1. The maximum atomic E-state index is 14.4. The Hall–Kier alpha value is -2.96. The largest absolute Gasteiger partial charge is 0.550 e. The lowest BCUT2D eigenvalue weighted by atomic mass is 9.80. The van der Waals surface area contributed by atoms with Crippen molar-refractivity contribution in [1.82, 2.24) is 9.47 Å². The Bertz CT molecular complexity index is 1000. The van der Waals surface area contributed by atoms with Gasteiger partial charge in [-0.1, -0.05) is 18.2 Å². The smallest absolute Gasteiger partial charge is 0.250 e. The Morgan fingerprint density at radius 2 is 1.82 bits per heavy atom. The van der Waals surface area contributed by atoms with Gasteiger partial charge in [-0.2, -0.15) is 0 Å². The van der Waals surface area contributed by atoms with Crippen LogP contribution < -0.4 is 10.7 Å². The molecule has 1 fully saturated rings. The summed E-state index contributed by atoms with van der Waals surface area (Å²) in [4.78, 5) is 37.2. The molecule has 7 heteroatoms. The van der Waals surface area contributed by atoms with Crippen LogP contribution in [-0.4, -0.2) is 34.4 Å². The maximum Gasteiger partial charge on any atom is 0.250 e. The SMILES string of the molecule is O=C([O-])CCC(=O)N1C[C@@H]2C[C@H](C1)c1c(-c3ccccc3F)ccc(=O)n1C2. The van der Waals surface area contributed by atoms with Gasteiger partial charge >= 0.3 is 0 Å². The number of carboxylic acids is 1. The fourth-order valence-electron chi connectivity index (χ4n) is 4.49. The zero-order chi connectivity index (χ0) is 19.8. The van der Waals surface area contributed by atoms with E-state index in [1.165, 1.54) is 12.1 Å². The van der Waals surface area contributed by atoms with Crippen LogP contribution in [0.5, 0.6) is 0 Å². The third-order valence-electron chi connectivity index (χ3n) is 5.65. The van der Waals surface area contributed by atoms with Gasteiger partial charge in [0.15, 0.2) is 0 Å². The highest BCUT2D eigenvalue weighted by Crippen LogP contribution is 2.40. The molecule has 1 aromatic heterocycles. The number of piperidine rings is 1. The van der Waals surface area contributed by atoms with Crippen molar-refractivity contribution in [3.8, 4) is 11.1 Å². The molecule has 0 radical (unpaired) electrons. The van der Waals surface area contributed by atoms with Crippen molar-refractivity contribution in [2.24, 2.45) is 5.92 Å². The Morgan fingerprint density at radius 3 is 2.57 bits per heavy atom. The fraction of sp³-hybridized carbons (Fsp3) is 0.381. The number of aromatic nitrogens is 1. The van der Waals surface area contributed by atoms with Crippen LogP contribution in [0.4, 0.5) is 4.39 Å². The molecule has 2 aromatic rings. The number of likely N-dealkylation sites (tertiary alicyclic amines) is 1. The summed E-state index contributed by atoms with van der Waals surface area (Å²) in [5.41, 5.74) is 1.74. The van der Waals surface area contributed by atoms with Crippen molar-refractivity contribution in [1.29, 1.82) is 0 Å². The van der Waals surface area contributed by atoms with Gasteiger partial charge < -0.3 is 19.4 Å². The number of rotatable bonds is 4. The van der Waals surface area contributed by atoms with Gasteiger partial charge in [0.25, 0.3) is 5.56 Å². The van der Waals surface area contributed by atoms with Crippen molar-refractivity contribution >= 4 is 11.9 Å². The average molecular weight is 383 g/mol. The number of hydrogen-bond acceptors (Lipinski definition) is 4. The molecule has 0 unspecified atom stereocenters. The minimum Gasteiger partial charge on any atom is -0.550 e. The molecule has 0 spiro atoms. The molecule has 2 aliphatic rings. The Labute approximate surface area is 161 Å². The zero-order valence-corrected chi connectivity index (χ0v) is 15.3. The number of carbonyl (C=O) groups is 2. The highest BCUT2D eigenvalue weighted by atomic mass is 19.1. The predicted molar refractivity (Wildman–Crippen MR) is 97.8 cm³/mol. The van der Waals surface area contributed by atoms with E-state index in [0.29, 0.717) is 30.8 Å². The second-order valence-corrected chi connectivity index (χ2v) is 7.53. The average Bonchev–Trinajstić information content (AvgIpc) is 2.67. The quantitative estimate of drug-likeness (QED) is 0.793. The monoisotopic (exact) mass is 383 g/mol. The van der Waals surface area contributed by atoms with E-state index >= 15 is 0 Å². The van der Waals surface area contributed by atoms with Crippen molar-refractivity contribution in [3.63, 3.8) is 0 Å². The van der Waals surface area contributed by atoms with E-state index in [4.69, 9.17) is 0 Å². The Morgan fingerprint density at radius 1 is 1.04 bits per heavy atom.